The molecule has 3 aromatic rings. The van der Waals surface area contributed by atoms with Gasteiger partial charge >= 0.3 is 0 Å². The van der Waals surface area contributed by atoms with Crippen molar-refractivity contribution in [2.45, 2.75) is 77.2 Å². The van der Waals surface area contributed by atoms with E-state index in [1.54, 1.807) is 14.2 Å². The second-order valence-corrected chi connectivity index (χ2v) is 11.8. The van der Waals surface area contributed by atoms with Crippen molar-refractivity contribution < 1.29 is 14.6 Å². The normalized spacial score (nSPS) is 17.5. The molecule has 5 heteroatoms. The maximum atomic E-state index is 9.97. The Kier molecular flexibility index (Phi) is 10.1. The summed E-state index contributed by atoms with van der Waals surface area (Å²) in [4.78, 5) is 5.13. The molecule has 5 rings (SSSR count). The van der Waals surface area contributed by atoms with Crippen LogP contribution in [0.1, 0.15) is 79.2 Å². The standard InChI is InChI=1S/C36H48N2O3/c1-4-38(26-28-13-11-27(12-14-28)10-9-21-37-19-7-5-6-8-20-37)34-25-36(41-3)35(40-2)24-33(34)31-16-15-30-23-32(39)18-17-29(30)22-31/h11-14,17-18,23-25,31,39H,4-10,15-16,19-22,26H2,1-3H3. The fourth-order valence-corrected chi connectivity index (χ4v) is 6.76. The van der Waals surface area contributed by atoms with Crippen molar-refractivity contribution in [2.75, 3.05) is 45.3 Å². The minimum atomic E-state index is 0.356. The molecule has 0 spiro atoms. The van der Waals surface area contributed by atoms with Crippen LogP contribution in [0.2, 0.25) is 0 Å². The van der Waals surface area contributed by atoms with Gasteiger partial charge in [0.2, 0.25) is 0 Å². The van der Waals surface area contributed by atoms with Crippen LogP contribution in [-0.2, 0) is 25.8 Å². The highest BCUT2D eigenvalue weighted by molar-refractivity contribution is 5.64. The molecule has 1 unspecified atom stereocenters. The molecule has 0 aromatic heterocycles. The van der Waals surface area contributed by atoms with E-state index in [1.807, 2.05) is 12.1 Å². The quantitative estimate of drug-likeness (QED) is 0.265. The number of phenolic OH excluding ortho intramolecular Hbond substituents is 1. The number of nitrogens with zero attached hydrogens (tertiary/aromatic N) is 2. The van der Waals surface area contributed by atoms with E-state index in [2.05, 4.69) is 59.2 Å². The first kappa shape index (κ1) is 29.3. The van der Waals surface area contributed by atoms with Gasteiger partial charge in [-0.2, -0.15) is 0 Å². The Morgan fingerprint density at radius 1 is 0.854 bits per heavy atom. The van der Waals surface area contributed by atoms with Crippen molar-refractivity contribution in [2.24, 2.45) is 0 Å². The predicted molar refractivity (Wildman–Crippen MR) is 169 cm³/mol. The third-order valence-corrected chi connectivity index (χ3v) is 9.15. The number of fused-ring (bicyclic) bond motifs is 1. The summed E-state index contributed by atoms with van der Waals surface area (Å²) < 4.78 is 11.5. The first-order valence-electron chi connectivity index (χ1n) is 15.7. The zero-order valence-corrected chi connectivity index (χ0v) is 25.3. The molecule has 1 aliphatic heterocycles. The summed E-state index contributed by atoms with van der Waals surface area (Å²) in [6.45, 7) is 7.76. The number of anilines is 1. The van der Waals surface area contributed by atoms with E-state index in [1.165, 1.54) is 85.2 Å². The Labute approximate surface area is 247 Å². The summed E-state index contributed by atoms with van der Waals surface area (Å²) >= 11 is 0. The molecule has 3 aromatic carbocycles. The lowest BCUT2D eigenvalue weighted by Crippen LogP contribution is -2.26. The van der Waals surface area contributed by atoms with Crippen LogP contribution in [0.4, 0.5) is 5.69 Å². The summed E-state index contributed by atoms with van der Waals surface area (Å²) in [5.41, 5.74) is 7.89. The van der Waals surface area contributed by atoms with Crippen LogP contribution >= 0.6 is 0 Å². The molecule has 1 saturated heterocycles. The molecule has 1 fully saturated rings. The van der Waals surface area contributed by atoms with Gasteiger partial charge in [0.15, 0.2) is 11.5 Å². The molecule has 0 saturated carbocycles. The van der Waals surface area contributed by atoms with E-state index in [-0.39, 0.29) is 0 Å². The van der Waals surface area contributed by atoms with Crippen LogP contribution in [0.25, 0.3) is 0 Å². The minimum absolute atomic E-state index is 0.356. The van der Waals surface area contributed by atoms with Gasteiger partial charge in [-0.1, -0.05) is 43.2 Å². The second-order valence-electron chi connectivity index (χ2n) is 11.8. The van der Waals surface area contributed by atoms with Crippen LogP contribution in [-0.4, -0.2) is 50.4 Å². The summed E-state index contributed by atoms with van der Waals surface area (Å²) in [7, 11) is 3.43. The van der Waals surface area contributed by atoms with E-state index in [4.69, 9.17) is 9.47 Å². The number of ether oxygens (including phenoxy) is 2. The highest BCUT2D eigenvalue weighted by Gasteiger charge is 2.26. The molecule has 0 radical (unpaired) electrons. The lowest BCUT2D eigenvalue weighted by molar-refractivity contribution is 0.281. The number of benzene rings is 3. The molecule has 1 aliphatic carbocycles. The number of methoxy groups -OCH3 is 2. The van der Waals surface area contributed by atoms with E-state index in [9.17, 15) is 5.11 Å². The smallest absolute Gasteiger partial charge is 0.162 e. The molecule has 5 nitrogen and oxygen atoms in total. The zero-order valence-electron chi connectivity index (χ0n) is 25.3. The molecular formula is C36H48N2O3. The molecule has 1 atom stereocenters. The van der Waals surface area contributed by atoms with Crippen molar-refractivity contribution in [1.29, 1.82) is 0 Å². The summed E-state index contributed by atoms with van der Waals surface area (Å²) in [6.07, 6.45) is 10.9. The fourth-order valence-electron chi connectivity index (χ4n) is 6.76. The number of aromatic hydroxyl groups is 1. The van der Waals surface area contributed by atoms with Gasteiger partial charge in [0, 0.05) is 24.8 Å². The first-order chi connectivity index (χ1) is 20.1. The topological polar surface area (TPSA) is 45.2 Å². The lowest BCUT2D eigenvalue weighted by atomic mass is 9.79. The van der Waals surface area contributed by atoms with Crippen molar-refractivity contribution in [3.8, 4) is 17.2 Å². The molecule has 1 N–H and O–H groups in total. The number of aryl methyl sites for hydroxylation is 2. The van der Waals surface area contributed by atoms with Gasteiger partial charge in [-0.25, -0.2) is 0 Å². The maximum absolute atomic E-state index is 9.97. The lowest BCUT2D eigenvalue weighted by Gasteiger charge is -2.32. The Morgan fingerprint density at radius 2 is 1.56 bits per heavy atom. The van der Waals surface area contributed by atoms with Crippen LogP contribution in [0.5, 0.6) is 17.2 Å². The third-order valence-electron chi connectivity index (χ3n) is 9.15. The molecular weight excluding hydrogens is 508 g/mol. The van der Waals surface area contributed by atoms with Crippen molar-refractivity contribution in [3.05, 3.63) is 82.4 Å². The Bertz CT molecular complexity index is 1260. The number of rotatable bonds is 11. The molecule has 0 amide bonds. The average Bonchev–Trinajstić information content (AvgIpc) is 3.28. The Morgan fingerprint density at radius 3 is 2.27 bits per heavy atom. The SMILES string of the molecule is CCN(Cc1ccc(CCCN2CCCCCC2)cc1)c1cc(OC)c(OC)cc1C1CCc2cc(O)ccc2C1. The van der Waals surface area contributed by atoms with Crippen molar-refractivity contribution in [1.82, 2.24) is 4.90 Å². The zero-order chi connectivity index (χ0) is 28.6. The predicted octanol–water partition coefficient (Wildman–Crippen LogP) is 7.52. The monoisotopic (exact) mass is 556 g/mol. The fraction of sp³-hybridized carbons (Fsp3) is 0.500. The molecule has 2 aliphatic rings. The van der Waals surface area contributed by atoms with Gasteiger partial charge in [0.1, 0.15) is 5.75 Å². The number of hydrogen-bond donors (Lipinski definition) is 1. The van der Waals surface area contributed by atoms with Crippen molar-refractivity contribution in [3.63, 3.8) is 0 Å². The van der Waals surface area contributed by atoms with Gasteiger partial charge in [-0.05, 0) is 123 Å². The van der Waals surface area contributed by atoms with Gasteiger partial charge in [-0.3, -0.25) is 0 Å². The highest BCUT2D eigenvalue weighted by atomic mass is 16.5. The van der Waals surface area contributed by atoms with E-state index < -0.39 is 0 Å². The van der Waals surface area contributed by atoms with Crippen LogP contribution in [0.3, 0.4) is 0 Å². The average molecular weight is 557 g/mol. The minimum Gasteiger partial charge on any atom is -0.508 e. The van der Waals surface area contributed by atoms with Gasteiger partial charge in [-0.15, -0.1) is 0 Å². The Hall–Kier alpha value is -3.18. The number of likely N-dealkylation sites (tertiary alicyclic amines) is 1. The maximum Gasteiger partial charge on any atom is 0.162 e. The number of hydrogen-bond acceptors (Lipinski definition) is 5. The highest BCUT2D eigenvalue weighted by Crippen LogP contribution is 2.43. The largest absolute Gasteiger partial charge is 0.508 e. The summed E-state index contributed by atoms with van der Waals surface area (Å²) in [5, 5.41) is 9.97. The van der Waals surface area contributed by atoms with Gasteiger partial charge < -0.3 is 24.4 Å². The number of phenols is 1. The van der Waals surface area contributed by atoms with E-state index in [0.29, 0.717) is 11.7 Å². The van der Waals surface area contributed by atoms with E-state index >= 15 is 0 Å². The molecule has 0 bridgehead atoms. The van der Waals surface area contributed by atoms with Gasteiger partial charge in [0.05, 0.1) is 14.2 Å². The van der Waals surface area contributed by atoms with Crippen LogP contribution in [0, 0.1) is 0 Å². The molecule has 220 valence electrons. The summed E-state index contributed by atoms with van der Waals surface area (Å²) in [5.74, 6) is 2.28. The Balaban J connectivity index is 1.31. The molecule has 1 heterocycles. The third kappa shape index (κ3) is 7.37. The van der Waals surface area contributed by atoms with Crippen LogP contribution < -0.4 is 14.4 Å². The first-order valence-corrected chi connectivity index (χ1v) is 15.7. The molecule has 41 heavy (non-hydrogen) atoms. The van der Waals surface area contributed by atoms with Gasteiger partial charge in [0.25, 0.3) is 0 Å². The van der Waals surface area contributed by atoms with Crippen molar-refractivity contribution >= 4 is 5.69 Å². The van der Waals surface area contributed by atoms with Crippen LogP contribution in [0.15, 0.2) is 54.6 Å². The van der Waals surface area contributed by atoms with E-state index in [0.717, 1.165) is 50.3 Å². The summed E-state index contributed by atoms with van der Waals surface area (Å²) in [6, 6.07) is 19.5. The second kappa shape index (κ2) is 14.1.